The normalized spacial score (nSPS) is 11.0. The Bertz CT molecular complexity index is 1140. The van der Waals surface area contributed by atoms with Crippen LogP contribution in [0.5, 0.6) is 0 Å². The fraction of sp³-hybridized carbons (Fsp3) is 0.143. The van der Waals surface area contributed by atoms with Crippen LogP contribution >= 0.6 is 27.7 Å². The minimum Gasteiger partial charge on any atom is -0.325 e. The van der Waals surface area contributed by atoms with Crippen molar-refractivity contribution in [3.8, 4) is 11.3 Å². The lowest BCUT2D eigenvalue weighted by molar-refractivity contribution is -0.113. The van der Waals surface area contributed by atoms with Crippen LogP contribution in [0.25, 0.3) is 16.9 Å². The predicted octanol–water partition coefficient (Wildman–Crippen LogP) is 4.85. The average Bonchev–Trinajstić information content (AvgIpc) is 3.15. The molecule has 4 rings (SSSR count). The van der Waals surface area contributed by atoms with Gasteiger partial charge in [0.2, 0.25) is 11.1 Å². The quantitative estimate of drug-likeness (QED) is 0.410. The topological polar surface area (TPSA) is 72.2 Å². The lowest BCUT2D eigenvalue weighted by Gasteiger charge is -2.06. The number of fused-ring (bicyclic) bond motifs is 1. The largest absolute Gasteiger partial charge is 0.325 e. The molecule has 0 unspecified atom stereocenters. The number of carbonyl (C=O) groups is 1. The predicted molar refractivity (Wildman–Crippen MR) is 119 cm³/mol. The van der Waals surface area contributed by atoms with E-state index in [1.807, 2.05) is 60.7 Å². The molecule has 0 aliphatic carbocycles. The highest BCUT2D eigenvalue weighted by atomic mass is 79.9. The van der Waals surface area contributed by atoms with Gasteiger partial charge in [-0.3, -0.25) is 4.79 Å². The lowest BCUT2D eigenvalue weighted by Crippen LogP contribution is -2.14. The van der Waals surface area contributed by atoms with Crippen LogP contribution in [-0.4, -0.2) is 31.5 Å². The third-order valence-electron chi connectivity index (χ3n) is 4.35. The zero-order valence-electron chi connectivity index (χ0n) is 15.7. The molecule has 1 N–H and O–H groups in total. The molecule has 0 saturated carbocycles. The van der Waals surface area contributed by atoms with E-state index in [-0.39, 0.29) is 11.7 Å². The Morgan fingerprint density at radius 3 is 2.52 bits per heavy atom. The first-order valence-corrected chi connectivity index (χ1v) is 10.9. The lowest BCUT2D eigenvalue weighted by atomic mass is 10.1. The van der Waals surface area contributed by atoms with E-state index in [4.69, 9.17) is 0 Å². The standard InChI is InChI=1S/C21H18BrN5OS/c1-2-14-3-9-17(10-4-14)23-20(28)13-29-21-25-24-19-12-11-18(26-27(19)21)15-5-7-16(22)8-6-15/h3-12H,2,13H2,1H3,(H,23,28). The van der Waals surface area contributed by atoms with Crippen LogP contribution < -0.4 is 5.32 Å². The van der Waals surface area contributed by atoms with Crippen molar-refractivity contribution in [2.24, 2.45) is 0 Å². The van der Waals surface area contributed by atoms with E-state index < -0.39 is 0 Å². The van der Waals surface area contributed by atoms with Crippen molar-refractivity contribution in [2.75, 3.05) is 11.1 Å². The first-order valence-electron chi connectivity index (χ1n) is 9.12. The Labute approximate surface area is 180 Å². The number of rotatable bonds is 6. The van der Waals surface area contributed by atoms with Gasteiger partial charge in [0.05, 0.1) is 11.4 Å². The molecule has 29 heavy (non-hydrogen) atoms. The van der Waals surface area contributed by atoms with Gasteiger partial charge in [-0.25, -0.2) is 0 Å². The Hall–Kier alpha value is -2.71. The van der Waals surface area contributed by atoms with Crippen molar-refractivity contribution in [2.45, 2.75) is 18.5 Å². The number of nitrogens with one attached hydrogen (secondary N) is 1. The fourth-order valence-corrected chi connectivity index (χ4v) is 3.74. The van der Waals surface area contributed by atoms with Crippen molar-refractivity contribution in [1.29, 1.82) is 0 Å². The van der Waals surface area contributed by atoms with Gasteiger partial charge in [0, 0.05) is 15.7 Å². The molecule has 146 valence electrons. The Morgan fingerprint density at radius 1 is 1.03 bits per heavy atom. The van der Waals surface area contributed by atoms with Crippen LogP contribution in [0.3, 0.4) is 0 Å². The molecule has 4 aromatic rings. The Morgan fingerprint density at radius 2 is 1.79 bits per heavy atom. The summed E-state index contributed by atoms with van der Waals surface area (Å²) in [6.07, 6.45) is 0.972. The number of aryl methyl sites for hydroxylation is 1. The second-order valence-corrected chi connectivity index (χ2v) is 8.22. The van der Waals surface area contributed by atoms with E-state index in [9.17, 15) is 4.79 Å². The summed E-state index contributed by atoms with van der Waals surface area (Å²) in [4.78, 5) is 12.3. The SMILES string of the molecule is CCc1ccc(NC(=O)CSc2nnc3ccc(-c4ccc(Br)cc4)nn23)cc1. The number of nitrogens with zero attached hydrogens (tertiary/aromatic N) is 4. The smallest absolute Gasteiger partial charge is 0.234 e. The number of anilines is 1. The fourth-order valence-electron chi connectivity index (χ4n) is 2.78. The summed E-state index contributed by atoms with van der Waals surface area (Å²) in [6, 6.07) is 19.6. The van der Waals surface area contributed by atoms with Gasteiger partial charge < -0.3 is 5.32 Å². The number of hydrogen-bond acceptors (Lipinski definition) is 5. The second-order valence-electron chi connectivity index (χ2n) is 6.37. The summed E-state index contributed by atoms with van der Waals surface area (Å²) in [5.74, 6) is 0.126. The van der Waals surface area contributed by atoms with E-state index in [1.54, 1.807) is 4.52 Å². The molecule has 0 aliphatic heterocycles. The number of carbonyl (C=O) groups excluding carboxylic acids is 1. The summed E-state index contributed by atoms with van der Waals surface area (Å²) in [6.45, 7) is 2.10. The minimum atomic E-state index is -0.0972. The van der Waals surface area contributed by atoms with Crippen LogP contribution in [0.1, 0.15) is 12.5 Å². The zero-order chi connectivity index (χ0) is 20.2. The van der Waals surface area contributed by atoms with E-state index in [1.165, 1.54) is 17.3 Å². The van der Waals surface area contributed by atoms with Gasteiger partial charge in [0.1, 0.15) is 0 Å². The molecule has 6 nitrogen and oxygen atoms in total. The molecule has 2 aromatic carbocycles. The minimum absolute atomic E-state index is 0.0972. The summed E-state index contributed by atoms with van der Waals surface area (Å²) in [7, 11) is 0. The van der Waals surface area contributed by atoms with E-state index in [2.05, 4.69) is 43.5 Å². The number of hydrogen-bond donors (Lipinski definition) is 1. The Balaban J connectivity index is 1.46. The van der Waals surface area contributed by atoms with Crippen LogP contribution in [0, 0.1) is 0 Å². The molecule has 0 fully saturated rings. The monoisotopic (exact) mass is 467 g/mol. The summed E-state index contributed by atoms with van der Waals surface area (Å²) in [5, 5.41) is 16.4. The molecule has 8 heteroatoms. The molecule has 2 aromatic heterocycles. The highest BCUT2D eigenvalue weighted by Gasteiger charge is 2.12. The van der Waals surface area contributed by atoms with Gasteiger partial charge >= 0.3 is 0 Å². The average molecular weight is 468 g/mol. The first-order chi connectivity index (χ1) is 14.1. The maximum absolute atomic E-state index is 12.3. The number of thioether (sulfide) groups is 1. The molecule has 0 radical (unpaired) electrons. The van der Waals surface area contributed by atoms with Crippen LogP contribution in [0.2, 0.25) is 0 Å². The van der Waals surface area contributed by atoms with Gasteiger partial charge in [0.25, 0.3) is 0 Å². The van der Waals surface area contributed by atoms with E-state index >= 15 is 0 Å². The van der Waals surface area contributed by atoms with Gasteiger partial charge in [-0.1, -0.05) is 58.9 Å². The Kier molecular flexibility index (Phi) is 5.92. The molecular formula is C21H18BrN5OS. The van der Waals surface area contributed by atoms with Crippen LogP contribution in [-0.2, 0) is 11.2 Å². The van der Waals surface area contributed by atoms with Crippen LogP contribution in [0.4, 0.5) is 5.69 Å². The van der Waals surface area contributed by atoms with E-state index in [0.29, 0.717) is 10.8 Å². The maximum atomic E-state index is 12.3. The molecule has 0 saturated heterocycles. The number of aromatic nitrogens is 4. The van der Waals surface area contributed by atoms with Gasteiger partial charge in [-0.2, -0.15) is 9.61 Å². The van der Waals surface area contributed by atoms with Crippen molar-refractivity contribution in [3.05, 3.63) is 70.7 Å². The maximum Gasteiger partial charge on any atom is 0.234 e. The first kappa shape index (κ1) is 19.6. The molecule has 0 atom stereocenters. The molecule has 0 aliphatic rings. The van der Waals surface area contributed by atoms with Crippen molar-refractivity contribution >= 4 is 44.9 Å². The van der Waals surface area contributed by atoms with E-state index in [0.717, 1.165) is 27.8 Å². The van der Waals surface area contributed by atoms with Crippen LogP contribution in [0.15, 0.2) is 70.3 Å². The summed E-state index contributed by atoms with van der Waals surface area (Å²) < 4.78 is 2.68. The van der Waals surface area contributed by atoms with Crippen molar-refractivity contribution in [3.63, 3.8) is 0 Å². The summed E-state index contributed by atoms with van der Waals surface area (Å²) >= 11 is 4.75. The molecule has 1 amide bonds. The highest BCUT2D eigenvalue weighted by molar-refractivity contribution is 9.10. The molecular weight excluding hydrogens is 450 g/mol. The summed E-state index contributed by atoms with van der Waals surface area (Å²) in [5.41, 5.74) is 4.47. The van der Waals surface area contributed by atoms with Gasteiger partial charge in [-0.15, -0.1) is 10.2 Å². The van der Waals surface area contributed by atoms with Gasteiger partial charge in [0.15, 0.2) is 5.65 Å². The second kappa shape index (κ2) is 8.75. The third kappa shape index (κ3) is 4.65. The van der Waals surface area contributed by atoms with Gasteiger partial charge in [-0.05, 0) is 48.4 Å². The van der Waals surface area contributed by atoms with Crippen molar-refractivity contribution < 1.29 is 4.79 Å². The zero-order valence-corrected chi connectivity index (χ0v) is 18.1. The number of halogens is 1. The number of benzene rings is 2. The highest BCUT2D eigenvalue weighted by Crippen LogP contribution is 2.22. The number of amides is 1. The molecule has 0 bridgehead atoms. The van der Waals surface area contributed by atoms with Crippen molar-refractivity contribution in [1.82, 2.24) is 19.8 Å². The molecule has 0 spiro atoms. The third-order valence-corrected chi connectivity index (χ3v) is 5.80. The molecule has 2 heterocycles.